The van der Waals surface area contributed by atoms with Crippen LogP contribution >= 0.6 is 23.1 Å². The molecular formula is C16H19N3O2S2. The zero-order valence-electron chi connectivity index (χ0n) is 13.1. The van der Waals surface area contributed by atoms with E-state index in [0.29, 0.717) is 12.3 Å². The first-order valence-corrected chi connectivity index (χ1v) is 9.13. The first-order chi connectivity index (χ1) is 11.1. The van der Waals surface area contributed by atoms with Crippen LogP contribution < -0.4 is 10.6 Å². The maximum absolute atomic E-state index is 11.9. The van der Waals surface area contributed by atoms with Gasteiger partial charge in [-0.2, -0.15) is 0 Å². The zero-order valence-corrected chi connectivity index (χ0v) is 14.7. The molecular weight excluding hydrogens is 330 g/mol. The first-order valence-electron chi connectivity index (χ1n) is 7.27. The number of rotatable bonds is 7. The highest BCUT2D eigenvalue weighted by molar-refractivity contribution is 8.01. The van der Waals surface area contributed by atoms with Crippen LogP contribution in [-0.4, -0.2) is 29.1 Å². The fraction of sp³-hybridized carbons (Fsp3) is 0.312. The lowest BCUT2D eigenvalue weighted by Crippen LogP contribution is -2.24. The van der Waals surface area contributed by atoms with Gasteiger partial charge in [-0.05, 0) is 26.0 Å². The van der Waals surface area contributed by atoms with Crippen LogP contribution in [0.4, 0.5) is 5.69 Å². The van der Waals surface area contributed by atoms with Crippen molar-refractivity contribution in [2.45, 2.75) is 24.6 Å². The van der Waals surface area contributed by atoms with Crippen LogP contribution in [0, 0.1) is 6.92 Å². The molecule has 0 aliphatic heterocycles. The van der Waals surface area contributed by atoms with E-state index in [1.54, 1.807) is 0 Å². The minimum absolute atomic E-state index is 0.0357. The van der Waals surface area contributed by atoms with E-state index >= 15 is 0 Å². The molecule has 0 radical (unpaired) electrons. The van der Waals surface area contributed by atoms with Crippen LogP contribution in [0.2, 0.25) is 0 Å². The van der Waals surface area contributed by atoms with Gasteiger partial charge in [-0.1, -0.05) is 29.5 Å². The number of hydrogen-bond donors (Lipinski definition) is 2. The number of benzene rings is 1. The predicted octanol–water partition coefficient (Wildman–Crippen LogP) is 2.86. The first kappa shape index (κ1) is 17.5. The summed E-state index contributed by atoms with van der Waals surface area (Å²) < 4.78 is 0.795. The molecule has 2 amide bonds. The fourth-order valence-electron chi connectivity index (χ4n) is 1.82. The fourth-order valence-corrected chi connectivity index (χ4v) is 3.47. The molecule has 0 aliphatic rings. The number of likely N-dealkylation sites (N-methyl/N-ethyl adjacent to an activating group) is 1. The number of amides is 2. The highest BCUT2D eigenvalue weighted by atomic mass is 32.2. The molecule has 2 rings (SSSR count). The van der Waals surface area contributed by atoms with Gasteiger partial charge in [-0.15, -0.1) is 11.3 Å². The van der Waals surface area contributed by atoms with Gasteiger partial charge in [0.15, 0.2) is 4.34 Å². The highest BCUT2D eigenvalue weighted by Gasteiger charge is 2.09. The lowest BCUT2D eigenvalue weighted by Gasteiger charge is -2.04. The van der Waals surface area contributed by atoms with Gasteiger partial charge in [0.05, 0.1) is 17.9 Å². The molecule has 1 aromatic carbocycles. The average molecular weight is 349 g/mol. The number of aromatic nitrogens is 1. The molecule has 0 saturated carbocycles. The lowest BCUT2D eigenvalue weighted by atomic mass is 10.2. The van der Waals surface area contributed by atoms with E-state index in [1.165, 1.54) is 23.1 Å². The molecule has 0 saturated heterocycles. The predicted molar refractivity (Wildman–Crippen MR) is 95.0 cm³/mol. The molecule has 0 unspecified atom stereocenters. The van der Waals surface area contributed by atoms with Crippen molar-refractivity contribution in [3.8, 4) is 0 Å². The second-order valence-corrected chi connectivity index (χ2v) is 7.02. The zero-order chi connectivity index (χ0) is 16.7. The molecule has 5 nitrogen and oxygen atoms in total. The summed E-state index contributed by atoms with van der Waals surface area (Å²) in [5, 5.41) is 7.44. The van der Waals surface area contributed by atoms with Crippen molar-refractivity contribution in [1.82, 2.24) is 10.3 Å². The van der Waals surface area contributed by atoms with Crippen molar-refractivity contribution in [2.75, 3.05) is 17.6 Å². The summed E-state index contributed by atoms with van der Waals surface area (Å²) in [7, 11) is 0. The number of thioether (sulfide) groups is 1. The second-order valence-electron chi connectivity index (χ2n) is 4.94. The number of nitrogens with zero attached hydrogens (tertiary/aromatic N) is 1. The van der Waals surface area contributed by atoms with Crippen molar-refractivity contribution in [3.63, 3.8) is 0 Å². The summed E-state index contributed by atoms with van der Waals surface area (Å²) in [5.41, 5.74) is 2.68. The Morgan fingerprint density at radius 1 is 1.22 bits per heavy atom. The third-order valence-electron chi connectivity index (χ3n) is 2.91. The third kappa shape index (κ3) is 6.03. The molecule has 0 aliphatic carbocycles. The smallest absolute Gasteiger partial charge is 0.234 e. The number of carbonyl (C=O) groups excluding carboxylic acids is 2. The lowest BCUT2D eigenvalue weighted by molar-refractivity contribution is -0.120. The number of carbonyl (C=O) groups is 2. The van der Waals surface area contributed by atoms with Crippen LogP contribution in [0.1, 0.15) is 18.2 Å². The molecule has 0 fully saturated rings. The molecule has 122 valence electrons. The summed E-state index contributed by atoms with van der Waals surface area (Å²) in [6, 6.07) is 7.67. The van der Waals surface area contributed by atoms with Gasteiger partial charge < -0.3 is 10.6 Å². The molecule has 0 bridgehead atoms. The van der Waals surface area contributed by atoms with E-state index < -0.39 is 0 Å². The van der Waals surface area contributed by atoms with Crippen molar-refractivity contribution in [3.05, 3.63) is 40.9 Å². The van der Waals surface area contributed by atoms with E-state index in [1.807, 2.05) is 43.5 Å². The highest BCUT2D eigenvalue weighted by Crippen LogP contribution is 2.23. The standard InChI is InChI=1S/C16H19N3O2S2/c1-3-17-14(20)8-13-9-22-16(19-13)23-10-15(21)18-12-6-4-11(2)5-7-12/h4-7,9H,3,8,10H2,1-2H3,(H,17,20)(H,18,21). The molecule has 0 atom stereocenters. The van der Waals surface area contributed by atoms with Crippen LogP contribution in [0.3, 0.4) is 0 Å². The minimum Gasteiger partial charge on any atom is -0.356 e. The normalized spacial score (nSPS) is 10.3. The Bertz CT molecular complexity index is 668. The monoisotopic (exact) mass is 349 g/mol. The molecule has 2 N–H and O–H groups in total. The molecule has 1 aromatic heterocycles. The van der Waals surface area contributed by atoms with Crippen molar-refractivity contribution in [2.24, 2.45) is 0 Å². The SMILES string of the molecule is CCNC(=O)Cc1csc(SCC(=O)Nc2ccc(C)cc2)n1. The Kier molecular flexibility index (Phi) is 6.61. The maximum Gasteiger partial charge on any atom is 0.234 e. The molecule has 1 heterocycles. The summed E-state index contributed by atoms with van der Waals surface area (Å²) in [6.07, 6.45) is 0.278. The van der Waals surface area contributed by atoms with Gasteiger partial charge in [-0.3, -0.25) is 9.59 Å². The second kappa shape index (κ2) is 8.69. The topological polar surface area (TPSA) is 71.1 Å². The van der Waals surface area contributed by atoms with E-state index in [2.05, 4.69) is 15.6 Å². The van der Waals surface area contributed by atoms with Crippen LogP contribution in [-0.2, 0) is 16.0 Å². The summed E-state index contributed by atoms with van der Waals surface area (Å²) in [6.45, 7) is 4.50. The quantitative estimate of drug-likeness (QED) is 0.754. The number of hydrogen-bond acceptors (Lipinski definition) is 5. The van der Waals surface area contributed by atoms with E-state index in [9.17, 15) is 9.59 Å². The maximum atomic E-state index is 11.9. The van der Waals surface area contributed by atoms with E-state index in [0.717, 1.165) is 21.3 Å². The number of anilines is 1. The van der Waals surface area contributed by atoms with Crippen molar-refractivity contribution >= 4 is 40.6 Å². The summed E-state index contributed by atoms with van der Waals surface area (Å²) in [5.74, 6) is 0.188. The van der Waals surface area contributed by atoms with Gasteiger partial charge in [-0.25, -0.2) is 4.98 Å². The summed E-state index contributed by atoms with van der Waals surface area (Å²) in [4.78, 5) is 27.8. The van der Waals surface area contributed by atoms with Gasteiger partial charge in [0, 0.05) is 17.6 Å². The Labute approximate surface area is 143 Å². The van der Waals surface area contributed by atoms with Crippen molar-refractivity contribution < 1.29 is 9.59 Å². The largest absolute Gasteiger partial charge is 0.356 e. The third-order valence-corrected chi connectivity index (χ3v) is 4.98. The summed E-state index contributed by atoms with van der Waals surface area (Å²) >= 11 is 2.83. The van der Waals surface area contributed by atoms with Crippen LogP contribution in [0.15, 0.2) is 34.0 Å². The molecule has 23 heavy (non-hydrogen) atoms. The Morgan fingerprint density at radius 3 is 2.65 bits per heavy atom. The van der Waals surface area contributed by atoms with Crippen molar-refractivity contribution in [1.29, 1.82) is 0 Å². The number of aryl methyl sites for hydroxylation is 1. The number of nitrogens with one attached hydrogen (secondary N) is 2. The molecule has 2 aromatic rings. The minimum atomic E-state index is -0.0701. The number of thiazole rings is 1. The van der Waals surface area contributed by atoms with E-state index in [4.69, 9.17) is 0 Å². The van der Waals surface area contributed by atoms with Gasteiger partial charge in [0.2, 0.25) is 11.8 Å². The Morgan fingerprint density at radius 2 is 1.96 bits per heavy atom. The Balaban J connectivity index is 1.79. The van der Waals surface area contributed by atoms with Crippen LogP contribution in [0.25, 0.3) is 0 Å². The Hall–Kier alpha value is -1.86. The average Bonchev–Trinajstić information content (AvgIpc) is 2.95. The van der Waals surface area contributed by atoms with Crippen LogP contribution in [0.5, 0.6) is 0 Å². The molecule has 0 spiro atoms. The van der Waals surface area contributed by atoms with E-state index in [-0.39, 0.29) is 18.2 Å². The molecule has 7 heteroatoms. The van der Waals surface area contributed by atoms with Gasteiger partial charge >= 0.3 is 0 Å². The van der Waals surface area contributed by atoms with Gasteiger partial charge in [0.1, 0.15) is 0 Å². The van der Waals surface area contributed by atoms with Gasteiger partial charge in [0.25, 0.3) is 0 Å².